The van der Waals surface area contributed by atoms with Crippen molar-refractivity contribution in [2.75, 3.05) is 17.7 Å². The highest BCUT2D eigenvalue weighted by Gasteiger charge is 2.23. The number of rotatable bonds is 5. The topological polar surface area (TPSA) is 80.6 Å². The number of amides is 2. The van der Waals surface area contributed by atoms with E-state index in [4.69, 9.17) is 20.8 Å². The van der Waals surface area contributed by atoms with E-state index in [-0.39, 0.29) is 11.4 Å². The van der Waals surface area contributed by atoms with Crippen LogP contribution in [0.15, 0.2) is 77.2 Å². The number of furan rings is 1. The zero-order valence-corrected chi connectivity index (χ0v) is 16.7. The Hall–Kier alpha value is -3.77. The van der Waals surface area contributed by atoms with Crippen LogP contribution in [-0.4, -0.2) is 18.9 Å². The van der Waals surface area contributed by atoms with E-state index in [0.29, 0.717) is 33.0 Å². The molecule has 2 N–H and O–H groups in total. The molecular formula is C23H17ClN2O4. The summed E-state index contributed by atoms with van der Waals surface area (Å²) in [5.74, 6) is -0.304. The molecule has 0 aliphatic rings. The number of benzene rings is 3. The molecule has 150 valence electrons. The highest BCUT2D eigenvalue weighted by molar-refractivity contribution is 6.31. The number of carbonyl (C=O) groups is 2. The van der Waals surface area contributed by atoms with Crippen LogP contribution in [-0.2, 0) is 0 Å². The van der Waals surface area contributed by atoms with E-state index in [0.717, 1.165) is 0 Å². The first-order chi connectivity index (χ1) is 14.5. The van der Waals surface area contributed by atoms with Crippen molar-refractivity contribution in [3.8, 4) is 5.75 Å². The van der Waals surface area contributed by atoms with Gasteiger partial charge in [0.1, 0.15) is 17.0 Å². The summed E-state index contributed by atoms with van der Waals surface area (Å²) in [6, 6.07) is 20.6. The number of fused-ring (bicyclic) bond motifs is 1. The van der Waals surface area contributed by atoms with Gasteiger partial charge in [0.15, 0.2) is 0 Å². The molecule has 0 fully saturated rings. The highest BCUT2D eigenvalue weighted by atomic mass is 35.5. The van der Waals surface area contributed by atoms with Crippen molar-refractivity contribution >= 4 is 45.8 Å². The Balaban J connectivity index is 1.69. The van der Waals surface area contributed by atoms with Gasteiger partial charge in [-0.25, -0.2) is 0 Å². The first-order valence-corrected chi connectivity index (χ1v) is 9.47. The summed E-state index contributed by atoms with van der Waals surface area (Å²) >= 11 is 5.99. The molecule has 0 bridgehead atoms. The second-order valence-electron chi connectivity index (χ2n) is 6.45. The maximum absolute atomic E-state index is 13.0. The molecule has 0 unspecified atom stereocenters. The number of halogens is 1. The minimum atomic E-state index is -0.499. The highest BCUT2D eigenvalue weighted by Crippen LogP contribution is 2.32. The fourth-order valence-electron chi connectivity index (χ4n) is 3.03. The largest absolute Gasteiger partial charge is 0.497 e. The number of ether oxygens (including phenoxy) is 1. The average molecular weight is 421 g/mol. The number of para-hydroxylation sites is 1. The smallest absolute Gasteiger partial charge is 0.293 e. The molecule has 0 aliphatic carbocycles. The van der Waals surface area contributed by atoms with Crippen molar-refractivity contribution in [2.24, 2.45) is 0 Å². The fraction of sp³-hybridized carbons (Fsp3) is 0.0435. The summed E-state index contributed by atoms with van der Waals surface area (Å²) in [5, 5.41) is 6.62. The first kappa shape index (κ1) is 19.5. The molecule has 0 atom stereocenters. The molecule has 0 saturated carbocycles. The third kappa shape index (κ3) is 3.99. The Morgan fingerprint density at radius 1 is 0.900 bits per heavy atom. The molecular weight excluding hydrogens is 404 g/mol. The summed E-state index contributed by atoms with van der Waals surface area (Å²) in [4.78, 5) is 25.7. The van der Waals surface area contributed by atoms with Crippen LogP contribution in [0.3, 0.4) is 0 Å². The molecule has 4 aromatic rings. The Morgan fingerprint density at radius 3 is 2.50 bits per heavy atom. The molecule has 0 aliphatic heterocycles. The molecule has 30 heavy (non-hydrogen) atoms. The number of hydrogen-bond donors (Lipinski definition) is 2. The van der Waals surface area contributed by atoms with Gasteiger partial charge in [0.25, 0.3) is 11.8 Å². The zero-order valence-electron chi connectivity index (χ0n) is 15.9. The lowest BCUT2D eigenvalue weighted by Crippen LogP contribution is -2.17. The molecule has 7 heteroatoms. The minimum absolute atomic E-state index is 0.00519. The van der Waals surface area contributed by atoms with Crippen LogP contribution in [0.4, 0.5) is 11.4 Å². The van der Waals surface area contributed by atoms with Crippen LogP contribution >= 0.6 is 11.6 Å². The van der Waals surface area contributed by atoms with Gasteiger partial charge in [-0.1, -0.05) is 35.9 Å². The standard InChI is InChI=1S/C23H17ClN2O4/c1-29-17-9-5-8-16(13-17)25-23(28)21-20(18-10-2-3-11-19(18)30-21)26-22(27)14-6-4-7-15(24)12-14/h2-13H,1H3,(H,25,28)(H,26,27). The lowest BCUT2D eigenvalue weighted by Gasteiger charge is -2.08. The third-order valence-electron chi connectivity index (χ3n) is 4.45. The van der Waals surface area contributed by atoms with Crippen LogP contribution in [0, 0.1) is 0 Å². The molecule has 3 aromatic carbocycles. The number of hydrogen-bond acceptors (Lipinski definition) is 4. The summed E-state index contributed by atoms with van der Waals surface area (Å²) in [7, 11) is 1.55. The van der Waals surface area contributed by atoms with Crippen molar-refractivity contribution in [2.45, 2.75) is 0 Å². The molecule has 0 radical (unpaired) electrons. The summed E-state index contributed by atoms with van der Waals surface area (Å²) in [6.45, 7) is 0. The maximum atomic E-state index is 13.0. The Bertz CT molecular complexity index is 1250. The van der Waals surface area contributed by atoms with E-state index < -0.39 is 11.8 Å². The molecule has 4 rings (SSSR count). The summed E-state index contributed by atoms with van der Waals surface area (Å²) in [5.41, 5.74) is 1.67. The Kier molecular flexibility index (Phi) is 5.41. The van der Waals surface area contributed by atoms with Gasteiger partial charge < -0.3 is 19.8 Å². The summed E-state index contributed by atoms with van der Waals surface area (Å²) < 4.78 is 10.9. The van der Waals surface area contributed by atoms with E-state index in [9.17, 15) is 9.59 Å². The number of anilines is 2. The molecule has 0 spiro atoms. The van der Waals surface area contributed by atoms with Crippen LogP contribution < -0.4 is 15.4 Å². The van der Waals surface area contributed by atoms with Crippen molar-refractivity contribution in [3.63, 3.8) is 0 Å². The Labute approximate surface area is 177 Å². The predicted molar refractivity (Wildman–Crippen MR) is 117 cm³/mol. The van der Waals surface area contributed by atoms with Gasteiger partial charge >= 0.3 is 0 Å². The Morgan fingerprint density at radius 2 is 1.70 bits per heavy atom. The van der Waals surface area contributed by atoms with Gasteiger partial charge in [-0.2, -0.15) is 0 Å². The van der Waals surface area contributed by atoms with Crippen molar-refractivity contribution in [1.29, 1.82) is 0 Å². The van der Waals surface area contributed by atoms with Gasteiger partial charge in [0.05, 0.1) is 7.11 Å². The normalized spacial score (nSPS) is 10.6. The summed E-state index contributed by atoms with van der Waals surface area (Å²) in [6.07, 6.45) is 0. The van der Waals surface area contributed by atoms with E-state index in [1.165, 1.54) is 0 Å². The fourth-order valence-corrected chi connectivity index (χ4v) is 3.22. The quantitative estimate of drug-likeness (QED) is 0.440. The molecule has 2 amide bonds. The lowest BCUT2D eigenvalue weighted by molar-refractivity contribution is 0.0999. The second-order valence-corrected chi connectivity index (χ2v) is 6.89. The molecule has 6 nitrogen and oxygen atoms in total. The monoisotopic (exact) mass is 420 g/mol. The van der Waals surface area contributed by atoms with Crippen molar-refractivity contribution < 1.29 is 18.7 Å². The minimum Gasteiger partial charge on any atom is -0.497 e. The molecule has 0 saturated heterocycles. The van der Waals surface area contributed by atoms with E-state index in [1.54, 1.807) is 79.9 Å². The van der Waals surface area contributed by atoms with Gasteiger partial charge in [-0.15, -0.1) is 0 Å². The SMILES string of the molecule is COc1cccc(NC(=O)c2oc3ccccc3c2NC(=O)c2cccc(Cl)c2)c1. The van der Waals surface area contributed by atoms with Gasteiger partial charge in [-0.3, -0.25) is 9.59 Å². The number of carbonyl (C=O) groups excluding carboxylic acids is 2. The predicted octanol–water partition coefficient (Wildman–Crippen LogP) is 5.60. The van der Waals surface area contributed by atoms with E-state index in [2.05, 4.69) is 10.6 Å². The maximum Gasteiger partial charge on any atom is 0.293 e. The third-order valence-corrected chi connectivity index (χ3v) is 4.69. The zero-order chi connectivity index (χ0) is 21.1. The number of methoxy groups -OCH3 is 1. The van der Waals surface area contributed by atoms with Crippen molar-refractivity contribution in [3.05, 3.63) is 89.1 Å². The molecule has 1 aromatic heterocycles. The van der Waals surface area contributed by atoms with Crippen LogP contribution in [0.5, 0.6) is 5.75 Å². The van der Waals surface area contributed by atoms with Gasteiger partial charge in [0, 0.05) is 27.7 Å². The van der Waals surface area contributed by atoms with Crippen molar-refractivity contribution in [1.82, 2.24) is 0 Å². The van der Waals surface area contributed by atoms with Gasteiger partial charge in [0.2, 0.25) is 5.76 Å². The number of nitrogens with one attached hydrogen (secondary N) is 2. The average Bonchev–Trinajstić information content (AvgIpc) is 3.12. The lowest BCUT2D eigenvalue weighted by atomic mass is 10.1. The van der Waals surface area contributed by atoms with E-state index >= 15 is 0 Å². The second kappa shape index (κ2) is 8.31. The van der Waals surface area contributed by atoms with Crippen LogP contribution in [0.25, 0.3) is 11.0 Å². The molecule has 1 heterocycles. The van der Waals surface area contributed by atoms with Gasteiger partial charge in [-0.05, 0) is 42.5 Å². The van der Waals surface area contributed by atoms with Crippen LogP contribution in [0.1, 0.15) is 20.9 Å². The first-order valence-electron chi connectivity index (χ1n) is 9.09. The van der Waals surface area contributed by atoms with E-state index in [1.807, 2.05) is 0 Å². The van der Waals surface area contributed by atoms with Crippen LogP contribution in [0.2, 0.25) is 5.02 Å².